The number of aliphatic carboxylic acids is 1. The van der Waals surface area contributed by atoms with Gasteiger partial charge in [0.2, 0.25) is 5.91 Å². The number of amides is 1. The SMILES string of the molecule is CC(C(=O)NC(C)(C)CCC(=O)O)c1ccc(Cl)s1. The maximum atomic E-state index is 12.1. The van der Waals surface area contributed by atoms with Gasteiger partial charge in [0.15, 0.2) is 0 Å². The fraction of sp³-hybridized carbons (Fsp3) is 0.538. The normalized spacial score (nSPS) is 13.1. The highest BCUT2D eigenvalue weighted by Crippen LogP contribution is 2.28. The zero-order valence-corrected chi connectivity index (χ0v) is 12.8. The summed E-state index contributed by atoms with van der Waals surface area (Å²) in [6, 6.07) is 3.60. The van der Waals surface area contributed by atoms with E-state index in [9.17, 15) is 9.59 Å². The molecule has 6 heteroatoms. The highest BCUT2D eigenvalue weighted by Gasteiger charge is 2.25. The van der Waals surface area contributed by atoms with Crippen LogP contribution >= 0.6 is 22.9 Å². The molecule has 19 heavy (non-hydrogen) atoms. The molecule has 0 spiro atoms. The molecule has 2 N–H and O–H groups in total. The molecule has 0 fully saturated rings. The molecular weight excluding hydrogens is 286 g/mol. The topological polar surface area (TPSA) is 66.4 Å². The third-order valence-corrected chi connectivity index (χ3v) is 4.25. The van der Waals surface area contributed by atoms with Gasteiger partial charge in [0.05, 0.1) is 10.3 Å². The fourth-order valence-electron chi connectivity index (χ4n) is 1.61. The lowest BCUT2D eigenvalue weighted by Gasteiger charge is -2.27. The summed E-state index contributed by atoms with van der Waals surface area (Å²) >= 11 is 7.23. The minimum atomic E-state index is -0.861. The lowest BCUT2D eigenvalue weighted by molar-refractivity contribution is -0.137. The molecule has 0 aliphatic carbocycles. The second-order valence-electron chi connectivity index (χ2n) is 5.13. The molecule has 1 atom stereocenters. The molecule has 0 saturated carbocycles. The number of hydrogen-bond acceptors (Lipinski definition) is 3. The van der Waals surface area contributed by atoms with Crippen molar-refractivity contribution in [1.82, 2.24) is 5.32 Å². The van der Waals surface area contributed by atoms with Crippen molar-refractivity contribution in [3.63, 3.8) is 0 Å². The molecule has 4 nitrogen and oxygen atoms in total. The average molecular weight is 304 g/mol. The Morgan fingerprint density at radius 2 is 2.11 bits per heavy atom. The van der Waals surface area contributed by atoms with Gasteiger partial charge in [0, 0.05) is 16.8 Å². The van der Waals surface area contributed by atoms with Crippen LogP contribution in [0.1, 0.15) is 44.4 Å². The number of carbonyl (C=O) groups excluding carboxylic acids is 1. The summed E-state index contributed by atoms with van der Waals surface area (Å²) in [7, 11) is 0. The first-order chi connectivity index (χ1) is 8.71. The molecule has 1 unspecified atom stereocenters. The predicted octanol–water partition coefficient (Wildman–Crippen LogP) is 3.26. The summed E-state index contributed by atoms with van der Waals surface area (Å²) in [5, 5.41) is 11.6. The van der Waals surface area contributed by atoms with Gasteiger partial charge in [0.1, 0.15) is 0 Å². The second-order valence-corrected chi connectivity index (χ2v) is 6.88. The highest BCUT2D eigenvalue weighted by atomic mass is 35.5. The molecule has 1 aromatic heterocycles. The number of nitrogens with one attached hydrogen (secondary N) is 1. The summed E-state index contributed by atoms with van der Waals surface area (Å²) in [5.41, 5.74) is -0.537. The summed E-state index contributed by atoms with van der Waals surface area (Å²) < 4.78 is 0.653. The predicted molar refractivity (Wildman–Crippen MR) is 76.8 cm³/mol. The van der Waals surface area contributed by atoms with Crippen molar-refractivity contribution in [2.75, 3.05) is 0 Å². The third kappa shape index (κ3) is 5.20. The molecule has 1 heterocycles. The standard InChI is InChI=1S/C13H18ClNO3S/c1-8(9-4-5-10(14)19-9)12(18)15-13(2,3)7-6-11(16)17/h4-5,8H,6-7H2,1-3H3,(H,15,18)(H,16,17). The molecule has 1 rings (SSSR count). The summed E-state index contributed by atoms with van der Waals surface area (Å²) in [6.45, 7) is 5.45. The van der Waals surface area contributed by atoms with Crippen molar-refractivity contribution in [3.05, 3.63) is 21.3 Å². The Labute approximate surface area is 121 Å². The first kappa shape index (κ1) is 16.0. The van der Waals surface area contributed by atoms with E-state index in [2.05, 4.69) is 5.32 Å². The minimum absolute atomic E-state index is 0.0342. The van der Waals surface area contributed by atoms with Crippen molar-refractivity contribution in [1.29, 1.82) is 0 Å². The second kappa shape index (κ2) is 6.39. The molecule has 0 radical (unpaired) electrons. The number of hydrogen-bond donors (Lipinski definition) is 2. The van der Waals surface area contributed by atoms with E-state index in [1.807, 2.05) is 26.8 Å². The van der Waals surface area contributed by atoms with Crippen LogP contribution in [0.4, 0.5) is 0 Å². The minimum Gasteiger partial charge on any atom is -0.481 e. The lowest BCUT2D eigenvalue weighted by Crippen LogP contribution is -2.45. The number of carbonyl (C=O) groups is 2. The maximum Gasteiger partial charge on any atom is 0.303 e. The van der Waals surface area contributed by atoms with Crippen molar-refractivity contribution in [2.45, 2.75) is 45.1 Å². The van der Waals surface area contributed by atoms with Crippen molar-refractivity contribution in [2.24, 2.45) is 0 Å². The quantitative estimate of drug-likeness (QED) is 0.847. The van der Waals surface area contributed by atoms with Crippen LogP contribution in [-0.4, -0.2) is 22.5 Å². The zero-order chi connectivity index (χ0) is 14.6. The van der Waals surface area contributed by atoms with E-state index in [4.69, 9.17) is 16.7 Å². The smallest absolute Gasteiger partial charge is 0.303 e. The maximum absolute atomic E-state index is 12.1. The Kier molecular flexibility index (Phi) is 5.38. The van der Waals surface area contributed by atoms with Crippen LogP contribution in [0.25, 0.3) is 0 Å². The number of carboxylic acids is 1. The van der Waals surface area contributed by atoms with Crippen LogP contribution in [-0.2, 0) is 9.59 Å². The monoisotopic (exact) mass is 303 g/mol. The first-order valence-electron chi connectivity index (χ1n) is 6.00. The van der Waals surface area contributed by atoms with Crippen LogP contribution < -0.4 is 5.32 Å². The van der Waals surface area contributed by atoms with Crippen LogP contribution in [0.2, 0.25) is 4.34 Å². The van der Waals surface area contributed by atoms with E-state index >= 15 is 0 Å². The average Bonchev–Trinajstić information content (AvgIpc) is 2.72. The van der Waals surface area contributed by atoms with Crippen molar-refractivity contribution in [3.8, 4) is 0 Å². The van der Waals surface area contributed by atoms with E-state index in [1.54, 1.807) is 6.07 Å². The van der Waals surface area contributed by atoms with Crippen molar-refractivity contribution >= 4 is 34.8 Å². The zero-order valence-electron chi connectivity index (χ0n) is 11.2. The van der Waals surface area contributed by atoms with Crippen LogP contribution in [0.3, 0.4) is 0 Å². The fourth-order valence-corrected chi connectivity index (χ4v) is 2.73. The Morgan fingerprint density at radius 1 is 1.47 bits per heavy atom. The van der Waals surface area contributed by atoms with E-state index in [1.165, 1.54) is 11.3 Å². The third-order valence-electron chi connectivity index (χ3n) is 2.84. The van der Waals surface area contributed by atoms with E-state index in [0.29, 0.717) is 10.8 Å². The molecule has 1 amide bonds. The number of halogens is 1. The lowest BCUT2D eigenvalue weighted by atomic mass is 9.97. The van der Waals surface area contributed by atoms with Gasteiger partial charge in [-0.1, -0.05) is 11.6 Å². The molecule has 0 aliphatic heterocycles. The summed E-state index contributed by atoms with van der Waals surface area (Å²) in [5.74, 6) is -1.27. The number of rotatable bonds is 6. The van der Waals surface area contributed by atoms with Gasteiger partial charge in [-0.3, -0.25) is 9.59 Å². The molecule has 0 saturated heterocycles. The van der Waals surface area contributed by atoms with E-state index in [0.717, 1.165) is 4.88 Å². The van der Waals surface area contributed by atoms with Gasteiger partial charge in [-0.25, -0.2) is 0 Å². The Morgan fingerprint density at radius 3 is 2.58 bits per heavy atom. The van der Waals surface area contributed by atoms with E-state index in [-0.39, 0.29) is 18.2 Å². The highest BCUT2D eigenvalue weighted by molar-refractivity contribution is 7.16. The van der Waals surface area contributed by atoms with Crippen LogP contribution in [0.5, 0.6) is 0 Å². The molecule has 0 bridgehead atoms. The Balaban J connectivity index is 2.60. The van der Waals surface area contributed by atoms with Crippen LogP contribution in [0.15, 0.2) is 12.1 Å². The largest absolute Gasteiger partial charge is 0.481 e. The molecule has 0 aliphatic rings. The number of carboxylic acid groups (broad SMARTS) is 1. The summed E-state index contributed by atoms with van der Waals surface area (Å²) in [4.78, 5) is 23.6. The van der Waals surface area contributed by atoms with Crippen molar-refractivity contribution < 1.29 is 14.7 Å². The molecular formula is C13H18ClNO3S. The Hall–Kier alpha value is -1.07. The number of thiophene rings is 1. The molecule has 106 valence electrons. The van der Waals surface area contributed by atoms with Gasteiger partial charge >= 0.3 is 5.97 Å². The summed E-state index contributed by atoms with van der Waals surface area (Å²) in [6.07, 6.45) is 0.429. The van der Waals surface area contributed by atoms with Gasteiger partial charge in [-0.2, -0.15) is 0 Å². The van der Waals surface area contributed by atoms with Gasteiger partial charge in [0.25, 0.3) is 0 Å². The van der Waals surface area contributed by atoms with Gasteiger partial charge in [-0.15, -0.1) is 11.3 Å². The van der Waals surface area contributed by atoms with Crippen LogP contribution in [0, 0.1) is 0 Å². The molecule has 1 aromatic rings. The first-order valence-corrected chi connectivity index (χ1v) is 7.20. The van der Waals surface area contributed by atoms with Gasteiger partial charge < -0.3 is 10.4 Å². The molecule has 0 aromatic carbocycles. The van der Waals surface area contributed by atoms with E-state index < -0.39 is 11.5 Å². The Bertz CT molecular complexity index is 470. The van der Waals surface area contributed by atoms with Gasteiger partial charge in [-0.05, 0) is 39.3 Å².